The van der Waals surface area contributed by atoms with E-state index in [4.69, 9.17) is 4.98 Å². The summed E-state index contributed by atoms with van der Waals surface area (Å²) in [6.45, 7) is 1.98. The van der Waals surface area contributed by atoms with E-state index in [1.54, 1.807) is 0 Å². The van der Waals surface area contributed by atoms with Crippen LogP contribution in [0.25, 0.3) is 11.3 Å². The maximum Gasteiger partial charge on any atom is 0.108 e. The lowest BCUT2D eigenvalue weighted by Gasteiger charge is -2.04. The van der Waals surface area contributed by atoms with Gasteiger partial charge in [0, 0.05) is 29.6 Å². The van der Waals surface area contributed by atoms with Crippen molar-refractivity contribution in [3.8, 4) is 11.3 Å². The first-order chi connectivity index (χ1) is 10.2. The van der Waals surface area contributed by atoms with Gasteiger partial charge in [0.15, 0.2) is 0 Å². The summed E-state index contributed by atoms with van der Waals surface area (Å²) in [4.78, 5) is 8.47. The molecule has 3 nitrogen and oxygen atoms in total. The zero-order valence-corrected chi connectivity index (χ0v) is 13.6. The van der Waals surface area contributed by atoms with E-state index in [1.807, 2.05) is 11.3 Å². The molecule has 1 saturated carbocycles. The van der Waals surface area contributed by atoms with Crippen LogP contribution >= 0.6 is 11.3 Å². The maximum atomic E-state index is 4.88. The Morgan fingerprint density at radius 3 is 2.67 bits per heavy atom. The smallest absolute Gasteiger partial charge is 0.108 e. The van der Waals surface area contributed by atoms with Crippen LogP contribution in [0.15, 0.2) is 30.3 Å². The fraction of sp³-hybridized carbons (Fsp3) is 0.471. The highest BCUT2D eigenvalue weighted by atomic mass is 32.1. The molecule has 0 bridgehead atoms. The molecule has 1 aromatic heterocycles. The fourth-order valence-corrected chi connectivity index (χ4v) is 3.62. The van der Waals surface area contributed by atoms with Crippen molar-refractivity contribution in [3.63, 3.8) is 0 Å². The summed E-state index contributed by atoms with van der Waals surface area (Å²) in [5, 5.41) is 4.81. The zero-order valence-electron chi connectivity index (χ0n) is 12.8. The molecule has 21 heavy (non-hydrogen) atoms. The molecule has 0 saturated heterocycles. The van der Waals surface area contributed by atoms with E-state index in [-0.39, 0.29) is 0 Å². The molecule has 1 N–H and O–H groups in total. The van der Waals surface area contributed by atoms with Gasteiger partial charge in [-0.25, -0.2) is 4.98 Å². The molecule has 0 spiro atoms. The van der Waals surface area contributed by atoms with Crippen LogP contribution in [0.2, 0.25) is 0 Å². The molecule has 4 heteroatoms. The summed E-state index contributed by atoms with van der Waals surface area (Å²) in [6, 6.07) is 11.3. The molecule has 0 amide bonds. The van der Waals surface area contributed by atoms with E-state index in [1.165, 1.54) is 34.0 Å². The highest BCUT2D eigenvalue weighted by Crippen LogP contribution is 2.29. The van der Waals surface area contributed by atoms with Crippen molar-refractivity contribution in [2.75, 3.05) is 20.6 Å². The second-order valence-corrected chi connectivity index (χ2v) is 7.13. The van der Waals surface area contributed by atoms with E-state index >= 15 is 0 Å². The number of benzene rings is 1. The van der Waals surface area contributed by atoms with Gasteiger partial charge in [0.05, 0.1) is 5.69 Å². The monoisotopic (exact) mass is 301 g/mol. The Hall–Kier alpha value is -1.23. The van der Waals surface area contributed by atoms with Crippen LogP contribution in [-0.4, -0.2) is 36.6 Å². The lowest BCUT2D eigenvalue weighted by molar-refractivity contribution is 0.402. The van der Waals surface area contributed by atoms with E-state index < -0.39 is 0 Å². The summed E-state index contributed by atoms with van der Waals surface area (Å²) in [6.07, 6.45) is 3.77. The van der Waals surface area contributed by atoms with Crippen LogP contribution in [0.1, 0.15) is 22.7 Å². The van der Waals surface area contributed by atoms with Crippen molar-refractivity contribution in [1.82, 2.24) is 15.2 Å². The van der Waals surface area contributed by atoms with Gasteiger partial charge in [-0.05, 0) is 33.4 Å². The maximum absolute atomic E-state index is 4.88. The average molecular weight is 301 g/mol. The number of nitrogens with one attached hydrogen (secondary N) is 1. The second-order valence-electron chi connectivity index (χ2n) is 5.96. The lowest BCUT2D eigenvalue weighted by atomic mass is 10.1. The first kappa shape index (κ1) is 14.7. The predicted molar refractivity (Wildman–Crippen MR) is 89.7 cm³/mol. The highest BCUT2D eigenvalue weighted by molar-refractivity contribution is 7.12. The Balaban J connectivity index is 1.78. The molecule has 1 heterocycles. The van der Waals surface area contributed by atoms with Crippen LogP contribution in [0.4, 0.5) is 0 Å². The largest absolute Gasteiger partial charge is 0.314 e. The van der Waals surface area contributed by atoms with Gasteiger partial charge in [-0.2, -0.15) is 0 Å². The van der Waals surface area contributed by atoms with Crippen molar-refractivity contribution in [2.24, 2.45) is 0 Å². The van der Waals surface area contributed by atoms with Crippen molar-refractivity contribution in [3.05, 3.63) is 40.2 Å². The summed E-state index contributed by atoms with van der Waals surface area (Å²) >= 11 is 1.86. The third kappa shape index (κ3) is 4.13. The van der Waals surface area contributed by atoms with Crippen molar-refractivity contribution >= 4 is 11.3 Å². The molecule has 1 aromatic carbocycles. The van der Waals surface area contributed by atoms with Gasteiger partial charge in [-0.15, -0.1) is 11.3 Å². The SMILES string of the molecule is CN(C)Cc1nc(-c2ccccc2)c(CCNC2CC2)s1. The molecule has 0 radical (unpaired) electrons. The number of hydrogen-bond acceptors (Lipinski definition) is 4. The Bertz CT molecular complexity index is 573. The Morgan fingerprint density at radius 1 is 1.24 bits per heavy atom. The number of aromatic nitrogens is 1. The minimum absolute atomic E-state index is 0.777. The van der Waals surface area contributed by atoms with Crippen LogP contribution in [0.5, 0.6) is 0 Å². The molecule has 1 fully saturated rings. The van der Waals surface area contributed by atoms with Gasteiger partial charge >= 0.3 is 0 Å². The van der Waals surface area contributed by atoms with E-state index in [9.17, 15) is 0 Å². The van der Waals surface area contributed by atoms with Gasteiger partial charge in [-0.3, -0.25) is 0 Å². The summed E-state index contributed by atoms with van der Waals surface area (Å²) < 4.78 is 0. The Kier molecular flexibility index (Phi) is 4.68. The molecule has 1 aliphatic carbocycles. The number of thiazole rings is 1. The Labute approximate surface area is 131 Å². The fourth-order valence-electron chi connectivity index (χ4n) is 2.41. The predicted octanol–water partition coefficient (Wildman–Crippen LogP) is 3.17. The molecule has 1 aliphatic rings. The van der Waals surface area contributed by atoms with Gasteiger partial charge in [0.25, 0.3) is 0 Å². The molecular weight excluding hydrogens is 278 g/mol. The summed E-state index contributed by atoms with van der Waals surface area (Å²) in [7, 11) is 4.19. The minimum Gasteiger partial charge on any atom is -0.314 e. The van der Waals surface area contributed by atoms with E-state index in [0.717, 1.165) is 25.6 Å². The molecule has 3 rings (SSSR count). The van der Waals surface area contributed by atoms with Crippen molar-refractivity contribution < 1.29 is 0 Å². The summed E-state index contributed by atoms with van der Waals surface area (Å²) in [5.41, 5.74) is 2.41. The molecule has 0 unspecified atom stereocenters. The van der Waals surface area contributed by atoms with Crippen LogP contribution < -0.4 is 5.32 Å². The first-order valence-corrected chi connectivity index (χ1v) is 8.46. The van der Waals surface area contributed by atoms with E-state index in [0.29, 0.717) is 0 Å². The van der Waals surface area contributed by atoms with Crippen molar-refractivity contribution in [1.29, 1.82) is 0 Å². The van der Waals surface area contributed by atoms with Crippen molar-refractivity contribution in [2.45, 2.75) is 31.8 Å². The van der Waals surface area contributed by atoms with Gasteiger partial charge in [0.1, 0.15) is 5.01 Å². The molecule has 112 valence electrons. The molecular formula is C17H23N3S. The second kappa shape index (κ2) is 6.69. The first-order valence-electron chi connectivity index (χ1n) is 7.64. The number of nitrogens with zero attached hydrogens (tertiary/aromatic N) is 2. The zero-order chi connectivity index (χ0) is 14.7. The van der Waals surface area contributed by atoms with Crippen LogP contribution in [0.3, 0.4) is 0 Å². The summed E-state index contributed by atoms with van der Waals surface area (Å²) in [5.74, 6) is 0. The Morgan fingerprint density at radius 2 is 2.00 bits per heavy atom. The average Bonchev–Trinajstić information content (AvgIpc) is 3.20. The topological polar surface area (TPSA) is 28.2 Å². The standard InChI is InChI=1S/C17H23N3S/c1-20(2)12-16-19-17(13-6-4-3-5-7-13)15(21-16)10-11-18-14-8-9-14/h3-7,14,18H,8-12H2,1-2H3. The van der Waals surface area contributed by atoms with Gasteiger partial charge in [0.2, 0.25) is 0 Å². The third-order valence-electron chi connectivity index (χ3n) is 3.60. The normalized spacial score (nSPS) is 14.8. The molecule has 2 aromatic rings. The van der Waals surface area contributed by atoms with Gasteiger partial charge in [-0.1, -0.05) is 30.3 Å². The lowest BCUT2D eigenvalue weighted by Crippen LogP contribution is -2.19. The van der Waals surface area contributed by atoms with E-state index in [2.05, 4.69) is 54.6 Å². The number of hydrogen-bond donors (Lipinski definition) is 1. The number of rotatable bonds is 7. The van der Waals surface area contributed by atoms with Gasteiger partial charge < -0.3 is 10.2 Å². The molecule has 0 aliphatic heterocycles. The highest BCUT2D eigenvalue weighted by Gasteiger charge is 2.20. The minimum atomic E-state index is 0.777. The third-order valence-corrected chi connectivity index (χ3v) is 4.70. The van der Waals surface area contributed by atoms with Crippen LogP contribution in [-0.2, 0) is 13.0 Å². The quantitative estimate of drug-likeness (QED) is 0.851. The molecule has 0 atom stereocenters. The van der Waals surface area contributed by atoms with Crippen LogP contribution in [0, 0.1) is 0 Å².